The molecule has 1 aliphatic rings. The zero-order chi connectivity index (χ0) is 13.5. The largest absolute Gasteiger partial charge is 0.368 e. The summed E-state index contributed by atoms with van der Waals surface area (Å²) in [6.07, 6.45) is 3.57. The van der Waals surface area contributed by atoms with Gasteiger partial charge in [0.15, 0.2) is 0 Å². The summed E-state index contributed by atoms with van der Waals surface area (Å²) in [7, 11) is 1.77. The van der Waals surface area contributed by atoms with Crippen molar-refractivity contribution in [2.45, 2.75) is 31.7 Å². The van der Waals surface area contributed by atoms with Gasteiger partial charge < -0.3 is 16.4 Å². The second-order valence-corrected chi connectivity index (χ2v) is 4.84. The maximum Gasteiger partial charge on any atom is 0.236 e. The summed E-state index contributed by atoms with van der Waals surface area (Å²) in [6.45, 7) is 2.27. The van der Waals surface area contributed by atoms with Crippen molar-refractivity contribution >= 4 is 11.8 Å². The summed E-state index contributed by atoms with van der Waals surface area (Å²) in [5.41, 5.74) is 10.8. The van der Waals surface area contributed by atoms with Gasteiger partial charge >= 0.3 is 0 Å². The first kappa shape index (κ1) is 14.9. The summed E-state index contributed by atoms with van der Waals surface area (Å²) in [4.78, 5) is 26.9. The van der Waals surface area contributed by atoms with E-state index in [9.17, 15) is 9.59 Å². The molecule has 1 saturated heterocycles. The van der Waals surface area contributed by atoms with Crippen LogP contribution in [0.15, 0.2) is 0 Å². The summed E-state index contributed by atoms with van der Waals surface area (Å²) >= 11 is 0. The van der Waals surface area contributed by atoms with Crippen molar-refractivity contribution < 1.29 is 9.59 Å². The summed E-state index contributed by atoms with van der Waals surface area (Å²) in [6, 6.07) is -0.286. The van der Waals surface area contributed by atoms with Gasteiger partial charge in [0, 0.05) is 13.6 Å². The molecule has 1 unspecified atom stereocenters. The average molecular weight is 256 g/mol. The molecule has 1 atom stereocenters. The van der Waals surface area contributed by atoms with Gasteiger partial charge in [-0.3, -0.25) is 14.5 Å². The number of nitrogens with two attached hydrogens (primary N) is 2. The highest BCUT2D eigenvalue weighted by Gasteiger charge is 2.28. The number of amides is 2. The Kier molecular flexibility index (Phi) is 6.07. The zero-order valence-electron chi connectivity index (χ0n) is 11.1. The van der Waals surface area contributed by atoms with Gasteiger partial charge in [-0.15, -0.1) is 0 Å². The number of likely N-dealkylation sites (tertiary alicyclic amines) is 1. The van der Waals surface area contributed by atoms with Gasteiger partial charge in [-0.2, -0.15) is 0 Å². The highest BCUT2D eigenvalue weighted by molar-refractivity contribution is 5.82. The number of likely N-dealkylation sites (N-methyl/N-ethyl adjacent to an activating group) is 1. The number of rotatable bonds is 6. The summed E-state index contributed by atoms with van der Waals surface area (Å²) in [5, 5.41) is 0. The summed E-state index contributed by atoms with van der Waals surface area (Å²) < 4.78 is 0. The third kappa shape index (κ3) is 4.27. The minimum Gasteiger partial charge on any atom is -0.368 e. The van der Waals surface area contributed by atoms with Crippen LogP contribution in [0.3, 0.4) is 0 Å². The van der Waals surface area contributed by atoms with Crippen LogP contribution in [0.4, 0.5) is 0 Å². The van der Waals surface area contributed by atoms with Crippen LogP contribution in [-0.2, 0) is 9.59 Å². The number of hydrogen-bond donors (Lipinski definition) is 2. The molecular weight excluding hydrogens is 232 g/mol. The monoisotopic (exact) mass is 256 g/mol. The van der Waals surface area contributed by atoms with Crippen molar-refractivity contribution in [1.82, 2.24) is 9.80 Å². The lowest BCUT2D eigenvalue weighted by molar-refractivity contribution is -0.134. The van der Waals surface area contributed by atoms with Crippen LogP contribution in [-0.4, -0.2) is 60.9 Å². The Hall–Kier alpha value is -1.14. The molecule has 0 aromatic rings. The van der Waals surface area contributed by atoms with Crippen molar-refractivity contribution in [3.8, 4) is 0 Å². The SMILES string of the molecule is CN(CCCN)C(=O)CN1CCCCC1C(N)=O. The first-order valence-corrected chi connectivity index (χ1v) is 6.53. The highest BCUT2D eigenvalue weighted by atomic mass is 16.2. The molecule has 1 heterocycles. The normalized spacial score (nSPS) is 20.7. The molecule has 1 rings (SSSR count). The Morgan fingerprint density at radius 1 is 1.39 bits per heavy atom. The van der Waals surface area contributed by atoms with Crippen LogP contribution in [0.5, 0.6) is 0 Å². The maximum atomic E-state index is 12.0. The van der Waals surface area contributed by atoms with E-state index in [1.807, 2.05) is 4.90 Å². The molecule has 0 bridgehead atoms. The first-order chi connectivity index (χ1) is 8.56. The van der Waals surface area contributed by atoms with Crippen LogP contribution >= 0.6 is 0 Å². The van der Waals surface area contributed by atoms with Crippen LogP contribution in [0, 0.1) is 0 Å². The number of nitrogens with zero attached hydrogens (tertiary/aromatic N) is 2. The van der Waals surface area contributed by atoms with Gasteiger partial charge in [-0.05, 0) is 32.4 Å². The lowest BCUT2D eigenvalue weighted by atomic mass is 10.0. The van der Waals surface area contributed by atoms with E-state index in [0.29, 0.717) is 13.1 Å². The fourth-order valence-electron chi connectivity index (χ4n) is 2.25. The van der Waals surface area contributed by atoms with E-state index in [1.54, 1.807) is 11.9 Å². The van der Waals surface area contributed by atoms with Gasteiger partial charge in [-0.25, -0.2) is 0 Å². The fourth-order valence-corrected chi connectivity index (χ4v) is 2.25. The lowest BCUT2D eigenvalue weighted by Gasteiger charge is -2.34. The van der Waals surface area contributed by atoms with Crippen LogP contribution in [0.2, 0.25) is 0 Å². The molecule has 18 heavy (non-hydrogen) atoms. The van der Waals surface area contributed by atoms with E-state index in [1.165, 1.54) is 0 Å². The molecule has 0 spiro atoms. The molecule has 4 N–H and O–H groups in total. The Balaban J connectivity index is 2.48. The molecule has 0 aliphatic carbocycles. The van der Waals surface area contributed by atoms with E-state index in [-0.39, 0.29) is 24.4 Å². The Morgan fingerprint density at radius 3 is 2.72 bits per heavy atom. The molecular formula is C12H24N4O2. The molecule has 1 fully saturated rings. The van der Waals surface area contributed by atoms with Crippen LogP contribution in [0.1, 0.15) is 25.7 Å². The molecule has 104 valence electrons. The standard InChI is InChI=1S/C12H24N4O2/c1-15(7-4-6-13)11(17)9-16-8-3-2-5-10(16)12(14)18/h10H,2-9,13H2,1H3,(H2,14,18). The number of carbonyl (C=O) groups is 2. The number of carbonyl (C=O) groups excluding carboxylic acids is 2. The molecule has 1 aliphatic heterocycles. The van der Waals surface area contributed by atoms with Crippen molar-refractivity contribution in [2.24, 2.45) is 11.5 Å². The van der Waals surface area contributed by atoms with Crippen molar-refractivity contribution in [3.63, 3.8) is 0 Å². The van der Waals surface area contributed by atoms with Gasteiger partial charge in [0.05, 0.1) is 12.6 Å². The summed E-state index contributed by atoms with van der Waals surface area (Å²) in [5.74, 6) is -0.302. The van der Waals surface area contributed by atoms with E-state index < -0.39 is 0 Å². The molecule has 6 nitrogen and oxygen atoms in total. The van der Waals surface area contributed by atoms with Crippen LogP contribution in [0.25, 0.3) is 0 Å². The topological polar surface area (TPSA) is 92.7 Å². The minimum absolute atomic E-state index is 0.0246. The van der Waals surface area contributed by atoms with Gasteiger partial charge in [0.2, 0.25) is 11.8 Å². The highest BCUT2D eigenvalue weighted by Crippen LogP contribution is 2.16. The first-order valence-electron chi connectivity index (χ1n) is 6.53. The molecule has 6 heteroatoms. The van der Waals surface area contributed by atoms with Crippen LogP contribution < -0.4 is 11.5 Å². The zero-order valence-corrected chi connectivity index (χ0v) is 11.1. The average Bonchev–Trinajstić information content (AvgIpc) is 2.36. The maximum absolute atomic E-state index is 12.0. The Morgan fingerprint density at radius 2 is 2.11 bits per heavy atom. The minimum atomic E-state index is -0.327. The molecule has 2 amide bonds. The van der Waals surface area contributed by atoms with E-state index in [4.69, 9.17) is 11.5 Å². The lowest BCUT2D eigenvalue weighted by Crippen LogP contribution is -2.51. The van der Waals surface area contributed by atoms with Gasteiger partial charge in [0.1, 0.15) is 0 Å². The predicted molar refractivity (Wildman–Crippen MR) is 69.7 cm³/mol. The Labute approximate surface area is 108 Å². The molecule has 0 aromatic heterocycles. The second-order valence-electron chi connectivity index (χ2n) is 4.84. The number of hydrogen-bond acceptors (Lipinski definition) is 4. The van der Waals surface area contributed by atoms with E-state index in [2.05, 4.69) is 0 Å². The van der Waals surface area contributed by atoms with E-state index in [0.717, 1.165) is 32.2 Å². The molecule has 0 radical (unpaired) electrons. The van der Waals surface area contributed by atoms with Gasteiger partial charge in [0.25, 0.3) is 0 Å². The predicted octanol–water partition coefficient (Wildman–Crippen LogP) is -0.867. The van der Waals surface area contributed by atoms with Gasteiger partial charge in [-0.1, -0.05) is 6.42 Å². The third-order valence-corrected chi connectivity index (χ3v) is 3.40. The Bertz CT molecular complexity index is 296. The van der Waals surface area contributed by atoms with Crippen molar-refractivity contribution in [3.05, 3.63) is 0 Å². The van der Waals surface area contributed by atoms with Crippen molar-refractivity contribution in [2.75, 3.05) is 33.2 Å². The molecule has 0 saturated carbocycles. The second kappa shape index (κ2) is 7.33. The molecule has 0 aromatic carbocycles. The number of primary amides is 1. The van der Waals surface area contributed by atoms with E-state index >= 15 is 0 Å². The quantitative estimate of drug-likeness (QED) is 0.646. The smallest absolute Gasteiger partial charge is 0.236 e. The third-order valence-electron chi connectivity index (χ3n) is 3.40. The number of piperidine rings is 1. The van der Waals surface area contributed by atoms with Crippen molar-refractivity contribution in [1.29, 1.82) is 0 Å². The fraction of sp³-hybridized carbons (Fsp3) is 0.833.